The second-order valence-electron chi connectivity index (χ2n) is 3.31. The van der Waals surface area contributed by atoms with Crippen molar-refractivity contribution in [2.24, 2.45) is 0 Å². The van der Waals surface area contributed by atoms with Gasteiger partial charge in [0.2, 0.25) is 6.39 Å². The number of aromatic nitrogens is 3. The molecule has 0 saturated carbocycles. The Balaban J connectivity index is 1.92. The van der Waals surface area contributed by atoms with Gasteiger partial charge in [0.25, 0.3) is 0 Å². The fourth-order valence-electron chi connectivity index (χ4n) is 1.26. The quantitative estimate of drug-likeness (QED) is 0.931. The summed E-state index contributed by atoms with van der Waals surface area (Å²) in [5, 5.41) is 6.94. The number of anilines is 1. The number of halogens is 1. The van der Waals surface area contributed by atoms with Crippen molar-refractivity contribution >= 4 is 21.7 Å². The lowest BCUT2D eigenvalue weighted by Crippen LogP contribution is -2.08. The molecule has 16 heavy (non-hydrogen) atoms. The van der Waals surface area contributed by atoms with Crippen LogP contribution in [-0.2, 0) is 6.42 Å². The Hall–Kier alpha value is -1.43. The van der Waals surface area contributed by atoms with E-state index in [4.69, 9.17) is 0 Å². The lowest BCUT2D eigenvalue weighted by atomic mass is 10.3. The average molecular weight is 283 g/mol. The zero-order valence-electron chi connectivity index (χ0n) is 8.77. The van der Waals surface area contributed by atoms with Gasteiger partial charge in [-0.15, -0.1) is 0 Å². The molecule has 0 aromatic carbocycles. The summed E-state index contributed by atoms with van der Waals surface area (Å²) >= 11 is 3.48. The number of pyridine rings is 1. The molecule has 6 heteroatoms. The van der Waals surface area contributed by atoms with Gasteiger partial charge in [0.05, 0.1) is 4.47 Å². The molecule has 0 aliphatic carbocycles. The van der Waals surface area contributed by atoms with Crippen LogP contribution in [0.25, 0.3) is 0 Å². The molecular formula is C10H11BrN4O. The molecule has 0 saturated heterocycles. The zero-order chi connectivity index (χ0) is 11.4. The summed E-state index contributed by atoms with van der Waals surface area (Å²) in [6, 6.07) is 1.95. The molecule has 0 aliphatic rings. The Morgan fingerprint density at radius 1 is 1.44 bits per heavy atom. The smallest absolute Gasteiger partial charge is 0.213 e. The maximum atomic E-state index is 4.65. The Bertz CT molecular complexity index is 458. The molecule has 2 aromatic heterocycles. The van der Waals surface area contributed by atoms with Gasteiger partial charge < -0.3 is 9.84 Å². The van der Waals surface area contributed by atoms with Crippen molar-refractivity contribution in [1.82, 2.24) is 15.1 Å². The minimum atomic E-state index is 0.691. The molecule has 1 N–H and O–H groups in total. The van der Waals surface area contributed by atoms with Gasteiger partial charge in [0, 0.05) is 19.2 Å². The second kappa shape index (κ2) is 5.07. The van der Waals surface area contributed by atoms with Crippen LogP contribution in [0.3, 0.4) is 0 Å². The first-order chi connectivity index (χ1) is 7.77. The molecule has 0 amide bonds. The van der Waals surface area contributed by atoms with Gasteiger partial charge in [-0.1, -0.05) is 5.16 Å². The van der Waals surface area contributed by atoms with Crippen molar-refractivity contribution in [1.29, 1.82) is 0 Å². The lowest BCUT2D eigenvalue weighted by molar-refractivity contribution is 0.410. The summed E-state index contributed by atoms with van der Waals surface area (Å²) < 4.78 is 5.64. The Morgan fingerprint density at radius 3 is 3.06 bits per heavy atom. The standard InChI is InChI=1S/C10H11BrN4O/c1-7-2-4-12-10(9(7)11)13-5-3-8-14-6-16-15-8/h2,4,6H,3,5H2,1H3,(H,12,13). The Kier molecular flexibility index (Phi) is 3.51. The lowest BCUT2D eigenvalue weighted by Gasteiger charge is -2.07. The maximum absolute atomic E-state index is 4.65. The number of rotatable bonds is 4. The molecule has 0 spiro atoms. The van der Waals surface area contributed by atoms with Crippen LogP contribution in [-0.4, -0.2) is 21.7 Å². The van der Waals surface area contributed by atoms with E-state index in [0.29, 0.717) is 18.8 Å². The molecule has 5 nitrogen and oxygen atoms in total. The first-order valence-corrected chi connectivity index (χ1v) is 5.67. The van der Waals surface area contributed by atoms with Crippen LogP contribution in [0.4, 0.5) is 5.82 Å². The zero-order valence-corrected chi connectivity index (χ0v) is 10.4. The number of nitrogens with one attached hydrogen (secondary N) is 1. The molecule has 0 bridgehead atoms. The van der Waals surface area contributed by atoms with Crippen molar-refractivity contribution in [2.45, 2.75) is 13.3 Å². The van der Waals surface area contributed by atoms with Crippen molar-refractivity contribution in [3.63, 3.8) is 0 Å². The first-order valence-electron chi connectivity index (χ1n) is 4.87. The highest BCUT2D eigenvalue weighted by Gasteiger charge is 2.04. The van der Waals surface area contributed by atoms with Crippen LogP contribution in [0, 0.1) is 6.92 Å². The van der Waals surface area contributed by atoms with Gasteiger partial charge in [-0.2, -0.15) is 4.98 Å². The van der Waals surface area contributed by atoms with Crippen LogP contribution < -0.4 is 5.32 Å². The summed E-state index contributed by atoms with van der Waals surface area (Å²) in [4.78, 5) is 8.17. The second-order valence-corrected chi connectivity index (χ2v) is 4.11. The van der Waals surface area contributed by atoms with Crippen LogP contribution in [0.2, 0.25) is 0 Å². The van der Waals surface area contributed by atoms with E-state index in [2.05, 4.69) is 40.9 Å². The summed E-state index contributed by atoms with van der Waals surface area (Å²) in [6.07, 6.45) is 3.81. The average Bonchev–Trinajstić information content (AvgIpc) is 2.77. The number of hydrogen-bond donors (Lipinski definition) is 1. The summed E-state index contributed by atoms with van der Waals surface area (Å²) in [5.41, 5.74) is 1.15. The monoisotopic (exact) mass is 282 g/mol. The largest absolute Gasteiger partial charge is 0.369 e. The summed E-state index contributed by atoms with van der Waals surface area (Å²) in [7, 11) is 0. The van der Waals surface area contributed by atoms with Gasteiger partial charge >= 0.3 is 0 Å². The van der Waals surface area contributed by atoms with E-state index in [1.807, 2.05) is 13.0 Å². The van der Waals surface area contributed by atoms with E-state index in [1.54, 1.807) is 6.20 Å². The molecule has 0 fully saturated rings. The van der Waals surface area contributed by atoms with E-state index in [-0.39, 0.29) is 0 Å². The van der Waals surface area contributed by atoms with E-state index in [9.17, 15) is 0 Å². The van der Waals surface area contributed by atoms with Gasteiger partial charge in [-0.05, 0) is 34.5 Å². The minimum Gasteiger partial charge on any atom is -0.369 e. The van der Waals surface area contributed by atoms with Crippen molar-refractivity contribution in [2.75, 3.05) is 11.9 Å². The van der Waals surface area contributed by atoms with Crippen molar-refractivity contribution in [3.8, 4) is 0 Å². The van der Waals surface area contributed by atoms with Crippen LogP contribution in [0.5, 0.6) is 0 Å². The summed E-state index contributed by atoms with van der Waals surface area (Å²) in [5.74, 6) is 1.53. The fraction of sp³-hybridized carbons (Fsp3) is 0.300. The van der Waals surface area contributed by atoms with Gasteiger partial charge in [0.1, 0.15) is 5.82 Å². The van der Waals surface area contributed by atoms with E-state index < -0.39 is 0 Å². The maximum Gasteiger partial charge on any atom is 0.213 e. The van der Waals surface area contributed by atoms with E-state index in [0.717, 1.165) is 15.9 Å². The third-order valence-electron chi connectivity index (χ3n) is 2.13. The van der Waals surface area contributed by atoms with Gasteiger partial charge in [0.15, 0.2) is 5.82 Å². The summed E-state index contributed by atoms with van der Waals surface area (Å²) in [6.45, 7) is 2.74. The predicted molar refractivity (Wildman–Crippen MR) is 63.2 cm³/mol. The first kappa shape index (κ1) is 11.1. The Morgan fingerprint density at radius 2 is 2.31 bits per heavy atom. The number of hydrogen-bond acceptors (Lipinski definition) is 5. The molecule has 0 radical (unpaired) electrons. The number of nitrogens with zero attached hydrogens (tertiary/aromatic N) is 3. The molecule has 2 heterocycles. The minimum absolute atomic E-state index is 0.691. The molecule has 0 aliphatic heterocycles. The third-order valence-corrected chi connectivity index (χ3v) is 3.13. The molecule has 0 unspecified atom stereocenters. The van der Waals surface area contributed by atoms with Gasteiger partial charge in [-0.25, -0.2) is 4.98 Å². The molecule has 2 aromatic rings. The third kappa shape index (κ3) is 2.57. The van der Waals surface area contributed by atoms with Crippen LogP contribution in [0.15, 0.2) is 27.7 Å². The predicted octanol–water partition coefficient (Wildman–Crippen LogP) is 2.19. The van der Waals surface area contributed by atoms with E-state index in [1.165, 1.54) is 6.39 Å². The Labute approximate surface area is 101 Å². The topological polar surface area (TPSA) is 63.8 Å². The normalized spacial score (nSPS) is 10.4. The molecule has 0 atom stereocenters. The molecule has 2 rings (SSSR count). The number of aryl methyl sites for hydroxylation is 1. The molecular weight excluding hydrogens is 272 g/mol. The highest BCUT2D eigenvalue weighted by atomic mass is 79.9. The highest BCUT2D eigenvalue weighted by molar-refractivity contribution is 9.10. The van der Waals surface area contributed by atoms with Crippen LogP contribution >= 0.6 is 15.9 Å². The van der Waals surface area contributed by atoms with E-state index >= 15 is 0 Å². The SMILES string of the molecule is Cc1ccnc(NCCc2ncon2)c1Br. The fourth-order valence-corrected chi connectivity index (χ4v) is 1.63. The van der Waals surface area contributed by atoms with Crippen molar-refractivity contribution in [3.05, 3.63) is 34.5 Å². The highest BCUT2D eigenvalue weighted by Crippen LogP contribution is 2.22. The molecule has 84 valence electrons. The van der Waals surface area contributed by atoms with Crippen molar-refractivity contribution < 1.29 is 4.52 Å². The van der Waals surface area contributed by atoms with Gasteiger partial charge in [-0.3, -0.25) is 0 Å². The van der Waals surface area contributed by atoms with Crippen LogP contribution in [0.1, 0.15) is 11.4 Å².